The van der Waals surface area contributed by atoms with Gasteiger partial charge in [0.1, 0.15) is 11.5 Å². The van der Waals surface area contributed by atoms with Gasteiger partial charge in [-0.05, 0) is 35.2 Å². The van der Waals surface area contributed by atoms with E-state index in [1.165, 1.54) is 6.20 Å². The smallest absolute Gasteiger partial charge is 0.275 e. The second-order valence-electron chi connectivity index (χ2n) is 6.19. The zero-order valence-electron chi connectivity index (χ0n) is 14.8. The third-order valence-corrected chi connectivity index (χ3v) is 3.94. The van der Waals surface area contributed by atoms with Crippen LogP contribution in [0.1, 0.15) is 41.4 Å². The number of anilines is 2. The zero-order valence-corrected chi connectivity index (χ0v) is 14.8. The van der Waals surface area contributed by atoms with E-state index in [1.54, 1.807) is 18.6 Å². The zero-order chi connectivity index (χ0) is 18.4. The number of nitrogens with one attached hydrogen (secondary N) is 2. The third-order valence-electron chi connectivity index (χ3n) is 3.94. The van der Waals surface area contributed by atoms with Gasteiger partial charge in [0.15, 0.2) is 0 Å². The highest BCUT2D eigenvalue weighted by Gasteiger charge is 2.12. The van der Waals surface area contributed by atoms with E-state index in [0.717, 1.165) is 16.8 Å². The fourth-order valence-electron chi connectivity index (χ4n) is 2.53. The number of nitrogens with zero attached hydrogens (tertiary/aromatic N) is 3. The Kier molecular flexibility index (Phi) is 5.53. The van der Waals surface area contributed by atoms with E-state index < -0.39 is 0 Å². The summed E-state index contributed by atoms with van der Waals surface area (Å²) in [4.78, 5) is 24.9. The van der Waals surface area contributed by atoms with Gasteiger partial charge in [0.25, 0.3) is 5.91 Å². The molecule has 0 saturated heterocycles. The largest absolute Gasteiger partial charge is 0.365 e. The Bertz CT molecular complexity index is 863. The number of hydrogen-bond donors (Lipinski definition) is 2. The number of hydrogen-bond acceptors (Lipinski definition) is 5. The Morgan fingerprint density at radius 1 is 1.04 bits per heavy atom. The summed E-state index contributed by atoms with van der Waals surface area (Å²) in [5.74, 6) is 0.657. The molecule has 132 valence electrons. The lowest BCUT2D eigenvalue weighted by atomic mass is 10.0. The lowest BCUT2D eigenvalue weighted by Gasteiger charge is -2.13. The Labute approximate surface area is 152 Å². The molecule has 6 heteroatoms. The molecule has 6 nitrogen and oxygen atoms in total. The summed E-state index contributed by atoms with van der Waals surface area (Å²) >= 11 is 0. The predicted molar refractivity (Wildman–Crippen MR) is 102 cm³/mol. The molecule has 2 aromatic heterocycles. The second kappa shape index (κ2) is 8.20. The fourth-order valence-corrected chi connectivity index (χ4v) is 2.53. The lowest BCUT2D eigenvalue weighted by molar-refractivity contribution is 0.102. The Balaban J connectivity index is 1.64. The Morgan fingerprint density at radius 2 is 1.81 bits per heavy atom. The summed E-state index contributed by atoms with van der Waals surface area (Å²) in [5.41, 5.74) is 3.26. The number of amides is 1. The maximum atomic E-state index is 12.4. The average molecular weight is 347 g/mol. The summed E-state index contributed by atoms with van der Waals surface area (Å²) in [6.07, 6.45) is 6.52. The predicted octanol–water partition coefficient (Wildman–Crippen LogP) is 3.86. The molecule has 0 aliphatic heterocycles. The van der Waals surface area contributed by atoms with Crippen LogP contribution in [0.25, 0.3) is 0 Å². The molecule has 0 radical (unpaired) electrons. The molecule has 0 atom stereocenters. The molecule has 0 unspecified atom stereocenters. The van der Waals surface area contributed by atoms with Gasteiger partial charge < -0.3 is 10.6 Å². The number of rotatable bonds is 6. The summed E-state index contributed by atoms with van der Waals surface area (Å²) in [6, 6.07) is 11.6. The molecule has 0 spiro atoms. The van der Waals surface area contributed by atoms with Gasteiger partial charge in [-0.3, -0.25) is 9.78 Å². The summed E-state index contributed by atoms with van der Waals surface area (Å²) in [6.45, 7) is 4.80. The first-order valence-electron chi connectivity index (χ1n) is 8.48. The normalized spacial score (nSPS) is 10.6. The lowest BCUT2D eigenvalue weighted by Crippen LogP contribution is -2.16. The van der Waals surface area contributed by atoms with Gasteiger partial charge in [-0.15, -0.1) is 0 Å². The van der Waals surface area contributed by atoms with Gasteiger partial charge in [0, 0.05) is 24.6 Å². The average Bonchev–Trinajstić information content (AvgIpc) is 2.68. The van der Waals surface area contributed by atoms with Crippen LogP contribution in [0.5, 0.6) is 0 Å². The van der Waals surface area contributed by atoms with Gasteiger partial charge >= 0.3 is 0 Å². The molecule has 0 bridgehead atoms. The van der Waals surface area contributed by atoms with Gasteiger partial charge in [0.2, 0.25) is 0 Å². The van der Waals surface area contributed by atoms with Crippen LogP contribution in [0, 0.1) is 0 Å². The van der Waals surface area contributed by atoms with Crippen molar-refractivity contribution in [1.29, 1.82) is 0 Å². The van der Waals surface area contributed by atoms with Crippen molar-refractivity contribution in [2.24, 2.45) is 0 Å². The topological polar surface area (TPSA) is 79.8 Å². The monoisotopic (exact) mass is 347 g/mol. The van der Waals surface area contributed by atoms with Crippen LogP contribution >= 0.6 is 0 Å². The molecule has 0 aliphatic carbocycles. The molecule has 0 fully saturated rings. The van der Waals surface area contributed by atoms with Crippen molar-refractivity contribution in [3.8, 4) is 0 Å². The van der Waals surface area contributed by atoms with Crippen molar-refractivity contribution in [3.63, 3.8) is 0 Å². The molecule has 1 aromatic carbocycles. The summed E-state index contributed by atoms with van der Waals surface area (Å²) in [7, 11) is 0. The van der Waals surface area contributed by atoms with Crippen LogP contribution in [0.15, 0.2) is 61.2 Å². The standard InChI is InChI=1S/C20H21N5O/c1-14(2)16-5-3-4-6-17(16)25-20(26)18-12-24-19(13-22-18)23-11-15-7-9-21-10-8-15/h3-10,12-14H,11H2,1-2H3,(H,23,24)(H,25,26). The van der Waals surface area contributed by atoms with Gasteiger partial charge in [0.05, 0.1) is 12.4 Å². The van der Waals surface area contributed by atoms with Crippen LogP contribution in [0.4, 0.5) is 11.5 Å². The number of carbonyl (C=O) groups is 1. The van der Waals surface area contributed by atoms with E-state index in [4.69, 9.17) is 0 Å². The Hall–Kier alpha value is -3.28. The van der Waals surface area contributed by atoms with E-state index >= 15 is 0 Å². The highest BCUT2D eigenvalue weighted by Crippen LogP contribution is 2.24. The van der Waals surface area contributed by atoms with Crippen molar-refractivity contribution >= 4 is 17.4 Å². The molecule has 3 rings (SSSR count). The molecule has 3 aromatic rings. The van der Waals surface area contributed by atoms with Gasteiger partial charge in [-0.1, -0.05) is 32.0 Å². The second-order valence-corrected chi connectivity index (χ2v) is 6.19. The molecule has 0 aliphatic rings. The van der Waals surface area contributed by atoms with Crippen molar-refractivity contribution in [2.45, 2.75) is 26.3 Å². The first-order valence-corrected chi connectivity index (χ1v) is 8.48. The Morgan fingerprint density at radius 3 is 2.50 bits per heavy atom. The van der Waals surface area contributed by atoms with Gasteiger partial charge in [-0.2, -0.15) is 0 Å². The minimum Gasteiger partial charge on any atom is -0.365 e. The van der Waals surface area contributed by atoms with Crippen LogP contribution in [0.3, 0.4) is 0 Å². The van der Waals surface area contributed by atoms with Crippen molar-refractivity contribution < 1.29 is 4.79 Å². The van der Waals surface area contributed by atoms with Crippen LogP contribution in [-0.4, -0.2) is 20.9 Å². The molecular weight excluding hydrogens is 326 g/mol. The molecule has 1 amide bonds. The number of carbonyl (C=O) groups excluding carboxylic acids is 1. The number of para-hydroxylation sites is 1. The third kappa shape index (κ3) is 4.42. The number of pyridine rings is 1. The molecule has 26 heavy (non-hydrogen) atoms. The van der Waals surface area contributed by atoms with Crippen LogP contribution in [0.2, 0.25) is 0 Å². The van der Waals surface area contributed by atoms with E-state index in [1.807, 2.05) is 36.4 Å². The van der Waals surface area contributed by atoms with Crippen LogP contribution in [-0.2, 0) is 6.54 Å². The van der Waals surface area contributed by atoms with E-state index in [2.05, 4.69) is 39.4 Å². The summed E-state index contributed by atoms with van der Waals surface area (Å²) in [5, 5.41) is 6.08. The SMILES string of the molecule is CC(C)c1ccccc1NC(=O)c1cnc(NCc2ccncc2)cn1. The molecular formula is C20H21N5O. The first-order chi connectivity index (χ1) is 12.6. The minimum atomic E-state index is -0.272. The number of aromatic nitrogens is 3. The van der Waals surface area contributed by atoms with Crippen molar-refractivity contribution in [1.82, 2.24) is 15.0 Å². The van der Waals surface area contributed by atoms with E-state index in [0.29, 0.717) is 18.3 Å². The van der Waals surface area contributed by atoms with Crippen molar-refractivity contribution in [2.75, 3.05) is 10.6 Å². The maximum Gasteiger partial charge on any atom is 0.275 e. The molecule has 2 heterocycles. The maximum absolute atomic E-state index is 12.4. The summed E-state index contributed by atoms with van der Waals surface area (Å²) < 4.78 is 0. The highest BCUT2D eigenvalue weighted by atomic mass is 16.1. The minimum absolute atomic E-state index is 0.272. The molecule has 0 saturated carbocycles. The van der Waals surface area contributed by atoms with E-state index in [9.17, 15) is 4.79 Å². The highest BCUT2D eigenvalue weighted by molar-refractivity contribution is 6.03. The van der Waals surface area contributed by atoms with Crippen LogP contribution < -0.4 is 10.6 Å². The fraction of sp³-hybridized carbons (Fsp3) is 0.200. The van der Waals surface area contributed by atoms with E-state index in [-0.39, 0.29) is 11.6 Å². The van der Waals surface area contributed by atoms with Gasteiger partial charge in [-0.25, -0.2) is 9.97 Å². The number of benzene rings is 1. The quantitative estimate of drug-likeness (QED) is 0.708. The first kappa shape index (κ1) is 17.5. The van der Waals surface area contributed by atoms with Crippen molar-refractivity contribution in [3.05, 3.63) is 78.0 Å². The molecule has 2 N–H and O–H groups in total.